The van der Waals surface area contributed by atoms with Crippen LogP contribution < -0.4 is 0 Å². The van der Waals surface area contributed by atoms with Crippen molar-refractivity contribution >= 4 is 12.6 Å². The number of rotatable bonds is 5. The molecule has 0 bridgehead atoms. The van der Waals surface area contributed by atoms with Crippen molar-refractivity contribution in [2.45, 2.75) is 20.1 Å². The van der Waals surface area contributed by atoms with Crippen LogP contribution in [0.3, 0.4) is 0 Å². The van der Waals surface area contributed by atoms with E-state index >= 15 is 0 Å². The van der Waals surface area contributed by atoms with E-state index < -0.39 is 0 Å². The van der Waals surface area contributed by atoms with Crippen molar-refractivity contribution in [1.29, 1.82) is 0 Å². The molecule has 0 N–H and O–H groups in total. The molecule has 0 aromatic carbocycles. The molecule has 0 aromatic rings. The summed E-state index contributed by atoms with van der Waals surface area (Å²) >= 11 is 3.98. The van der Waals surface area contributed by atoms with Gasteiger partial charge in [-0.25, -0.2) is 0 Å². The van der Waals surface area contributed by atoms with Crippen LogP contribution in [0.25, 0.3) is 0 Å². The molecule has 0 rings (SSSR count). The lowest BCUT2D eigenvalue weighted by Crippen LogP contribution is -2.13. The van der Waals surface area contributed by atoms with Gasteiger partial charge in [-0.1, -0.05) is 0 Å². The monoisotopic (exact) mass is 150 g/mol. The Hall–Kier alpha value is 0.270. The second-order valence-corrected chi connectivity index (χ2v) is 2.06. The number of hydrogen-bond donors (Lipinski definition) is 1. The second-order valence-electron chi connectivity index (χ2n) is 1.62. The summed E-state index contributed by atoms with van der Waals surface area (Å²) in [5, 5.41) is 0. The summed E-state index contributed by atoms with van der Waals surface area (Å²) in [6.45, 7) is 5.19. The molecule has 0 radical (unpaired) electrons. The Morgan fingerprint density at radius 2 is 2.11 bits per heavy atom. The molecule has 0 saturated carbocycles. The normalized spacial score (nSPS) is 13.7. The van der Waals surface area contributed by atoms with Gasteiger partial charge < -0.3 is 9.47 Å². The highest BCUT2D eigenvalue weighted by molar-refractivity contribution is 7.80. The van der Waals surface area contributed by atoms with Crippen LogP contribution in [0.2, 0.25) is 0 Å². The summed E-state index contributed by atoms with van der Waals surface area (Å²) in [6, 6.07) is 0. The van der Waals surface area contributed by atoms with Gasteiger partial charge in [0.1, 0.15) is 0 Å². The Labute approximate surface area is 61.9 Å². The van der Waals surface area contributed by atoms with E-state index in [1.54, 1.807) is 0 Å². The molecule has 1 atom stereocenters. The fraction of sp³-hybridized carbons (Fsp3) is 1.00. The summed E-state index contributed by atoms with van der Waals surface area (Å²) in [4.78, 5) is 0. The Balaban J connectivity index is 2.95. The average molecular weight is 150 g/mol. The molecule has 56 valence electrons. The number of thiol groups is 1. The summed E-state index contributed by atoms with van der Waals surface area (Å²) in [5.74, 6) is 0.747. The van der Waals surface area contributed by atoms with Gasteiger partial charge in [0.05, 0.1) is 6.61 Å². The average Bonchev–Trinajstić information content (AvgIpc) is 1.85. The van der Waals surface area contributed by atoms with Gasteiger partial charge >= 0.3 is 0 Å². The molecule has 0 spiro atoms. The van der Waals surface area contributed by atoms with Crippen LogP contribution >= 0.6 is 12.6 Å². The standard InChI is InChI=1S/C6H14O2S/c1-3-7-6(2)8-4-5-9/h6,9H,3-5H2,1-2H3. The van der Waals surface area contributed by atoms with E-state index in [0.29, 0.717) is 13.2 Å². The summed E-state index contributed by atoms with van der Waals surface area (Å²) < 4.78 is 10.2. The molecule has 9 heavy (non-hydrogen) atoms. The molecule has 0 heterocycles. The highest BCUT2D eigenvalue weighted by Gasteiger charge is 1.96. The van der Waals surface area contributed by atoms with Crippen LogP contribution in [0.1, 0.15) is 13.8 Å². The van der Waals surface area contributed by atoms with Gasteiger partial charge in [-0.15, -0.1) is 0 Å². The summed E-state index contributed by atoms with van der Waals surface area (Å²) in [6.07, 6.45) is -0.0813. The van der Waals surface area contributed by atoms with Gasteiger partial charge in [-0.2, -0.15) is 12.6 Å². The van der Waals surface area contributed by atoms with E-state index in [9.17, 15) is 0 Å². The van der Waals surface area contributed by atoms with Crippen LogP contribution in [0.4, 0.5) is 0 Å². The molecule has 3 heteroatoms. The molecular weight excluding hydrogens is 136 g/mol. The van der Waals surface area contributed by atoms with Crippen molar-refractivity contribution in [3.8, 4) is 0 Å². The Bertz CT molecular complexity index is 59.0. The van der Waals surface area contributed by atoms with Crippen LogP contribution in [-0.4, -0.2) is 25.3 Å². The fourth-order valence-corrected chi connectivity index (χ4v) is 0.607. The van der Waals surface area contributed by atoms with E-state index in [4.69, 9.17) is 9.47 Å². The Morgan fingerprint density at radius 1 is 1.44 bits per heavy atom. The third-order valence-corrected chi connectivity index (χ3v) is 1.03. The topological polar surface area (TPSA) is 18.5 Å². The summed E-state index contributed by atoms with van der Waals surface area (Å²) in [5.41, 5.74) is 0. The fourth-order valence-electron chi connectivity index (χ4n) is 0.501. The maximum atomic E-state index is 5.13. The maximum absolute atomic E-state index is 5.13. The number of ether oxygens (including phenoxy) is 2. The number of hydrogen-bond acceptors (Lipinski definition) is 3. The van der Waals surface area contributed by atoms with Crippen LogP contribution in [0, 0.1) is 0 Å². The lowest BCUT2D eigenvalue weighted by atomic mass is 10.7. The van der Waals surface area contributed by atoms with Crippen LogP contribution in [0.5, 0.6) is 0 Å². The van der Waals surface area contributed by atoms with Crippen molar-refractivity contribution in [3.63, 3.8) is 0 Å². The minimum Gasteiger partial charge on any atom is -0.353 e. The summed E-state index contributed by atoms with van der Waals surface area (Å²) in [7, 11) is 0. The van der Waals surface area contributed by atoms with E-state index in [-0.39, 0.29) is 6.29 Å². The first-order chi connectivity index (χ1) is 4.31. The van der Waals surface area contributed by atoms with E-state index in [1.807, 2.05) is 13.8 Å². The third-order valence-electron chi connectivity index (χ3n) is 0.845. The highest BCUT2D eigenvalue weighted by Crippen LogP contribution is 1.92. The smallest absolute Gasteiger partial charge is 0.154 e. The minimum atomic E-state index is -0.0813. The molecular formula is C6H14O2S. The molecule has 0 aliphatic rings. The van der Waals surface area contributed by atoms with Gasteiger partial charge in [-0.3, -0.25) is 0 Å². The second kappa shape index (κ2) is 6.39. The first-order valence-electron chi connectivity index (χ1n) is 3.15. The molecule has 0 amide bonds. The van der Waals surface area contributed by atoms with Crippen molar-refractivity contribution in [2.75, 3.05) is 19.0 Å². The molecule has 0 aromatic heterocycles. The molecule has 2 nitrogen and oxygen atoms in total. The molecule has 0 aliphatic carbocycles. The zero-order chi connectivity index (χ0) is 7.11. The van der Waals surface area contributed by atoms with E-state index in [0.717, 1.165) is 5.75 Å². The SMILES string of the molecule is CCOC(C)OCCS. The Kier molecular flexibility index (Phi) is 6.58. The minimum absolute atomic E-state index is 0.0813. The molecule has 0 fully saturated rings. The molecule has 0 saturated heterocycles. The quantitative estimate of drug-likeness (QED) is 0.470. The highest BCUT2D eigenvalue weighted by atomic mass is 32.1. The van der Waals surface area contributed by atoms with Crippen molar-refractivity contribution in [2.24, 2.45) is 0 Å². The lowest BCUT2D eigenvalue weighted by Gasteiger charge is -2.10. The van der Waals surface area contributed by atoms with Gasteiger partial charge in [0.2, 0.25) is 0 Å². The largest absolute Gasteiger partial charge is 0.353 e. The zero-order valence-electron chi connectivity index (χ0n) is 5.96. The zero-order valence-corrected chi connectivity index (χ0v) is 6.86. The van der Waals surface area contributed by atoms with Crippen LogP contribution in [-0.2, 0) is 9.47 Å². The maximum Gasteiger partial charge on any atom is 0.154 e. The van der Waals surface area contributed by atoms with Gasteiger partial charge in [-0.05, 0) is 13.8 Å². The van der Waals surface area contributed by atoms with Gasteiger partial charge in [0, 0.05) is 12.4 Å². The predicted molar refractivity (Wildman–Crippen MR) is 40.9 cm³/mol. The van der Waals surface area contributed by atoms with Gasteiger partial charge in [0.25, 0.3) is 0 Å². The predicted octanol–water partition coefficient (Wildman–Crippen LogP) is 1.32. The molecule has 1 unspecified atom stereocenters. The first-order valence-corrected chi connectivity index (χ1v) is 3.78. The lowest BCUT2D eigenvalue weighted by molar-refractivity contribution is -0.122. The van der Waals surface area contributed by atoms with Crippen molar-refractivity contribution in [3.05, 3.63) is 0 Å². The van der Waals surface area contributed by atoms with E-state index in [2.05, 4.69) is 12.6 Å². The van der Waals surface area contributed by atoms with Crippen LogP contribution in [0.15, 0.2) is 0 Å². The van der Waals surface area contributed by atoms with Crippen molar-refractivity contribution in [1.82, 2.24) is 0 Å². The first kappa shape index (κ1) is 9.27. The van der Waals surface area contributed by atoms with Crippen molar-refractivity contribution < 1.29 is 9.47 Å². The third kappa shape index (κ3) is 6.15. The van der Waals surface area contributed by atoms with E-state index in [1.165, 1.54) is 0 Å². The Morgan fingerprint density at radius 3 is 2.56 bits per heavy atom. The van der Waals surface area contributed by atoms with Gasteiger partial charge in [0.15, 0.2) is 6.29 Å². The molecule has 0 aliphatic heterocycles.